The first-order chi connectivity index (χ1) is 8.66. The first-order valence-electron chi connectivity index (χ1n) is 5.69. The summed E-state index contributed by atoms with van der Waals surface area (Å²) < 4.78 is 0.762. The van der Waals surface area contributed by atoms with E-state index < -0.39 is 0 Å². The zero-order chi connectivity index (χ0) is 13.0. The molecule has 0 bridgehead atoms. The Balaban J connectivity index is 1.88. The quantitative estimate of drug-likeness (QED) is 0.826. The molecule has 1 fully saturated rings. The van der Waals surface area contributed by atoms with Gasteiger partial charge in [0.1, 0.15) is 0 Å². The first-order valence-corrected chi connectivity index (χ1v) is 8.69. The number of nitrogens with one attached hydrogen (secondary N) is 1. The van der Waals surface area contributed by atoms with Gasteiger partial charge in [-0.3, -0.25) is 4.79 Å². The molecule has 1 saturated heterocycles. The minimum atomic E-state index is -0.0353. The van der Waals surface area contributed by atoms with Crippen molar-refractivity contribution in [2.45, 2.75) is 5.25 Å². The van der Waals surface area contributed by atoms with Gasteiger partial charge in [0.05, 0.1) is 0 Å². The third-order valence-electron chi connectivity index (χ3n) is 2.64. The van der Waals surface area contributed by atoms with Gasteiger partial charge in [0.15, 0.2) is 0 Å². The van der Waals surface area contributed by atoms with Crippen LogP contribution in [0.3, 0.4) is 0 Å². The van der Waals surface area contributed by atoms with Gasteiger partial charge in [-0.15, -0.1) is 0 Å². The molecule has 1 heterocycles. The maximum Gasteiger partial charge on any atom is 0.251 e. The van der Waals surface area contributed by atoms with Crippen LogP contribution in [0.4, 0.5) is 5.69 Å². The number of nitrogens with two attached hydrogens (primary N) is 1. The van der Waals surface area contributed by atoms with Crippen LogP contribution in [0.2, 0.25) is 0 Å². The molecule has 1 aliphatic heterocycles. The van der Waals surface area contributed by atoms with Gasteiger partial charge >= 0.3 is 0 Å². The van der Waals surface area contributed by atoms with Crippen LogP contribution in [0.15, 0.2) is 22.7 Å². The van der Waals surface area contributed by atoms with E-state index in [0.29, 0.717) is 16.5 Å². The van der Waals surface area contributed by atoms with E-state index in [1.165, 1.54) is 11.5 Å². The minimum Gasteiger partial charge on any atom is -0.398 e. The molecule has 1 unspecified atom stereocenters. The number of rotatable bonds is 3. The molecule has 0 aliphatic carbocycles. The van der Waals surface area contributed by atoms with Crippen molar-refractivity contribution < 1.29 is 4.79 Å². The average molecular weight is 347 g/mol. The van der Waals surface area contributed by atoms with Crippen molar-refractivity contribution in [3.8, 4) is 0 Å². The molecule has 1 amide bonds. The number of thioether (sulfide) groups is 2. The molecule has 1 aromatic carbocycles. The lowest BCUT2D eigenvalue weighted by atomic mass is 10.2. The van der Waals surface area contributed by atoms with Gasteiger partial charge in [0.25, 0.3) is 5.91 Å². The van der Waals surface area contributed by atoms with Crippen molar-refractivity contribution in [2.24, 2.45) is 0 Å². The Morgan fingerprint density at radius 1 is 1.50 bits per heavy atom. The Hall–Kier alpha value is -0.330. The molecule has 1 aliphatic rings. The second kappa shape index (κ2) is 6.73. The van der Waals surface area contributed by atoms with Crippen LogP contribution in [0.25, 0.3) is 0 Å². The molecular weight excluding hydrogens is 332 g/mol. The minimum absolute atomic E-state index is 0.0353. The standard InChI is InChI=1S/C12H15BrN2OS2/c13-10-5-8(1-2-11(10)14)12(16)15-6-9-7-17-3-4-18-9/h1-2,5,9H,3-4,6-7,14H2,(H,15,16). The van der Waals surface area contributed by atoms with Gasteiger partial charge in [-0.2, -0.15) is 23.5 Å². The summed E-state index contributed by atoms with van der Waals surface area (Å²) in [6.45, 7) is 0.735. The predicted molar refractivity (Wildman–Crippen MR) is 84.5 cm³/mol. The fourth-order valence-corrected chi connectivity index (χ4v) is 4.62. The molecule has 0 aromatic heterocycles. The number of amides is 1. The molecule has 1 aromatic rings. The van der Waals surface area contributed by atoms with Gasteiger partial charge in [-0.25, -0.2) is 0 Å². The third-order valence-corrected chi connectivity index (χ3v) is 6.17. The number of anilines is 1. The van der Waals surface area contributed by atoms with Crippen molar-refractivity contribution in [2.75, 3.05) is 29.5 Å². The van der Waals surface area contributed by atoms with Gasteiger partial charge < -0.3 is 11.1 Å². The van der Waals surface area contributed by atoms with Gasteiger partial charge in [-0.05, 0) is 34.1 Å². The molecule has 3 nitrogen and oxygen atoms in total. The van der Waals surface area contributed by atoms with E-state index in [1.54, 1.807) is 18.2 Å². The second-order valence-electron chi connectivity index (χ2n) is 4.01. The number of carbonyl (C=O) groups excluding carboxylic acids is 1. The molecule has 3 N–H and O–H groups in total. The molecule has 0 saturated carbocycles. The summed E-state index contributed by atoms with van der Waals surface area (Å²) in [6.07, 6.45) is 0. The van der Waals surface area contributed by atoms with Crippen LogP contribution in [-0.2, 0) is 0 Å². The topological polar surface area (TPSA) is 55.1 Å². The monoisotopic (exact) mass is 346 g/mol. The van der Waals surface area contributed by atoms with E-state index in [9.17, 15) is 4.79 Å². The Morgan fingerprint density at radius 3 is 3.00 bits per heavy atom. The number of benzene rings is 1. The van der Waals surface area contributed by atoms with Crippen molar-refractivity contribution >= 4 is 51.0 Å². The van der Waals surface area contributed by atoms with Crippen molar-refractivity contribution in [1.82, 2.24) is 5.32 Å². The van der Waals surface area contributed by atoms with E-state index in [1.807, 2.05) is 23.5 Å². The largest absolute Gasteiger partial charge is 0.398 e. The molecule has 6 heteroatoms. The molecule has 1 atom stereocenters. The molecule has 0 radical (unpaired) electrons. The zero-order valence-electron chi connectivity index (χ0n) is 9.82. The fourth-order valence-electron chi connectivity index (χ4n) is 1.63. The van der Waals surface area contributed by atoms with Gasteiger partial charge in [0, 0.05) is 44.8 Å². The molecule has 2 rings (SSSR count). The maximum absolute atomic E-state index is 12.0. The predicted octanol–water partition coefficient (Wildman–Crippen LogP) is 2.61. The van der Waals surface area contributed by atoms with E-state index in [-0.39, 0.29) is 5.91 Å². The van der Waals surface area contributed by atoms with Crippen molar-refractivity contribution in [3.05, 3.63) is 28.2 Å². The zero-order valence-corrected chi connectivity index (χ0v) is 13.0. The number of halogens is 1. The summed E-state index contributed by atoms with van der Waals surface area (Å²) >= 11 is 7.23. The third kappa shape index (κ3) is 3.83. The number of nitrogen functional groups attached to an aromatic ring is 1. The van der Waals surface area contributed by atoms with E-state index in [2.05, 4.69) is 21.2 Å². The summed E-state index contributed by atoms with van der Waals surface area (Å²) in [5.74, 6) is 3.49. The highest BCUT2D eigenvalue weighted by Gasteiger charge is 2.15. The summed E-state index contributed by atoms with van der Waals surface area (Å²) in [6, 6.07) is 5.25. The summed E-state index contributed by atoms with van der Waals surface area (Å²) in [5.41, 5.74) is 6.98. The Morgan fingerprint density at radius 2 is 2.33 bits per heavy atom. The van der Waals surface area contributed by atoms with Crippen LogP contribution in [0.5, 0.6) is 0 Å². The lowest BCUT2D eigenvalue weighted by Gasteiger charge is -2.21. The number of carbonyl (C=O) groups is 1. The van der Waals surface area contributed by atoms with Crippen LogP contribution in [0.1, 0.15) is 10.4 Å². The summed E-state index contributed by atoms with van der Waals surface area (Å²) in [4.78, 5) is 12.0. The number of hydrogen-bond acceptors (Lipinski definition) is 4. The Kier molecular flexibility index (Phi) is 5.26. The highest BCUT2D eigenvalue weighted by molar-refractivity contribution is 9.10. The second-order valence-corrected chi connectivity index (χ2v) is 7.43. The lowest BCUT2D eigenvalue weighted by Crippen LogP contribution is -2.33. The van der Waals surface area contributed by atoms with Crippen LogP contribution in [0, 0.1) is 0 Å². The average Bonchev–Trinajstić information content (AvgIpc) is 2.40. The van der Waals surface area contributed by atoms with E-state index >= 15 is 0 Å². The smallest absolute Gasteiger partial charge is 0.251 e. The van der Waals surface area contributed by atoms with Gasteiger partial charge in [-0.1, -0.05) is 0 Å². The maximum atomic E-state index is 12.0. The molecule has 98 valence electrons. The Bertz CT molecular complexity index is 436. The molecular formula is C12H15BrN2OS2. The first kappa shape index (κ1) is 14.1. The summed E-state index contributed by atoms with van der Waals surface area (Å²) in [7, 11) is 0. The van der Waals surface area contributed by atoms with E-state index in [0.717, 1.165) is 16.8 Å². The Labute approximate surface area is 124 Å². The SMILES string of the molecule is Nc1ccc(C(=O)NCC2CSCCS2)cc1Br. The van der Waals surface area contributed by atoms with Crippen LogP contribution in [-0.4, -0.2) is 35.0 Å². The highest BCUT2D eigenvalue weighted by atomic mass is 79.9. The van der Waals surface area contributed by atoms with Crippen LogP contribution >= 0.6 is 39.5 Å². The van der Waals surface area contributed by atoms with Crippen molar-refractivity contribution in [3.63, 3.8) is 0 Å². The summed E-state index contributed by atoms with van der Waals surface area (Å²) in [5, 5.41) is 3.51. The molecule has 0 spiro atoms. The lowest BCUT2D eigenvalue weighted by molar-refractivity contribution is 0.0954. The van der Waals surface area contributed by atoms with Gasteiger partial charge in [0.2, 0.25) is 0 Å². The fraction of sp³-hybridized carbons (Fsp3) is 0.417. The number of hydrogen-bond donors (Lipinski definition) is 2. The van der Waals surface area contributed by atoms with E-state index in [4.69, 9.17) is 5.73 Å². The highest BCUT2D eigenvalue weighted by Crippen LogP contribution is 2.23. The van der Waals surface area contributed by atoms with Crippen LogP contribution < -0.4 is 11.1 Å². The molecule has 18 heavy (non-hydrogen) atoms. The normalized spacial score (nSPS) is 19.5. The van der Waals surface area contributed by atoms with Crippen molar-refractivity contribution in [1.29, 1.82) is 0 Å².